The smallest absolute Gasteiger partial charge is 0.225 e. The number of amides is 1. The van der Waals surface area contributed by atoms with Crippen LogP contribution >= 0.6 is 0 Å². The molecule has 1 saturated heterocycles. The normalized spacial score (nSPS) is 27.3. The molecule has 0 bridgehead atoms. The molecule has 1 aromatic rings. The molecule has 2 N–H and O–H groups in total. The van der Waals surface area contributed by atoms with Gasteiger partial charge in [-0.05, 0) is 44.7 Å². The number of nitrogens with zero attached hydrogens (tertiary/aromatic N) is 2. The molecule has 5 nitrogen and oxygen atoms in total. The second-order valence-electron chi connectivity index (χ2n) is 8.45. The van der Waals surface area contributed by atoms with Gasteiger partial charge in [0.2, 0.25) is 5.91 Å². The molecule has 3 atom stereocenters. The van der Waals surface area contributed by atoms with E-state index in [2.05, 4.69) is 15.6 Å². The van der Waals surface area contributed by atoms with E-state index in [0.717, 1.165) is 38.6 Å². The van der Waals surface area contributed by atoms with Crippen molar-refractivity contribution >= 4 is 11.9 Å². The van der Waals surface area contributed by atoms with Crippen LogP contribution in [0.25, 0.3) is 0 Å². The molecule has 2 saturated carbocycles. The Hall–Kier alpha value is -2.18. The van der Waals surface area contributed by atoms with E-state index in [1.54, 1.807) is 0 Å². The molecular formula is C22H30F2N4O. The van der Waals surface area contributed by atoms with Gasteiger partial charge in [0.05, 0.1) is 0 Å². The van der Waals surface area contributed by atoms with Crippen molar-refractivity contribution in [3.8, 4) is 0 Å². The van der Waals surface area contributed by atoms with E-state index in [1.165, 1.54) is 18.2 Å². The Morgan fingerprint density at radius 3 is 2.59 bits per heavy atom. The zero-order chi connectivity index (χ0) is 20.4. The summed E-state index contributed by atoms with van der Waals surface area (Å²) in [5, 5.41) is 6.75. The number of carbonyl (C=O) groups is 1. The number of hydrogen-bond donors (Lipinski definition) is 2. The number of rotatable bonds is 5. The number of carbonyl (C=O) groups excluding carboxylic acids is 1. The number of benzene rings is 1. The first kappa shape index (κ1) is 20.1. The second kappa shape index (κ2) is 8.67. The van der Waals surface area contributed by atoms with E-state index in [-0.39, 0.29) is 29.5 Å². The molecule has 4 rings (SSSR count). The number of halogens is 2. The summed E-state index contributed by atoms with van der Waals surface area (Å²) in [7, 11) is 0. The first-order valence-corrected chi connectivity index (χ1v) is 10.9. The maximum absolute atomic E-state index is 14.0. The Labute approximate surface area is 171 Å². The van der Waals surface area contributed by atoms with E-state index in [9.17, 15) is 13.6 Å². The average Bonchev–Trinajstić information content (AvgIpc) is 3.11. The minimum absolute atomic E-state index is 0.0307. The molecule has 158 valence electrons. The first-order valence-electron chi connectivity index (χ1n) is 10.9. The summed E-state index contributed by atoms with van der Waals surface area (Å²) in [6.45, 7) is 4.03. The molecule has 1 heterocycles. The summed E-state index contributed by atoms with van der Waals surface area (Å²) >= 11 is 0. The van der Waals surface area contributed by atoms with Gasteiger partial charge in [-0.1, -0.05) is 18.9 Å². The maximum Gasteiger partial charge on any atom is 0.225 e. The van der Waals surface area contributed by atoms with Crippen LogP contribution in [0.15, 0.2) is 23.2 Å². The molecule has 0 aromatic heterocycles. The Morgan fingerprint density at radius 1 is 1.17 bits per heavy atom. The van der Waals surface area contributed by atoms with E-state index in [4.69, 9.17) is 0 Å². The molecular weight excluding hydrogens is 374 g/mol. The number of likely N-dealkylation sites (tertiary alicyclic amines) is 1. The van der Waals surface area contributed by atoms with Gasteiger partial charge in [0.15, 0.2) is 5.96 Å². The van der Waals surface area contributed by atoms with Crippen LogP contribution in [0.4, 0.5) is 8.78 Å². The van der Waals surface area contributed by atoms with Crippen LogP contribution in [0, 0.1) is 17.6 Å². The van der Waals surface area contributed by atoms with Gasteiger partial charge >= 0.3 is 0 Å². The van der Waals surface area contributed by atoms with Gasteiger partial charge in [-0.2, -0.15) is 0 Å². The summed E-state index contributed by atoms with van der Waals surface area (Å²) in [6, 6.07) is 4.13. The fourth-order valence-electron chi connectivity index (χ4n) is 4.71. The van der Waals surface area contributed by atoms with Crippen LogP contribution in [0.1, 0.15) is 56.9 Å². The molecule has 1 amide bonds. The minimum atomic E-state index is -0.488. The fourth-order valence-corrected chi connectivity index (χ4v) is 4.71. The molecule has 3 aliphatic rings. The summed E-state index contributed by atoms with van der Waals surface area (Å²) < 4.78 is 28.0. The molecule has 0 radical (unpaired) electrons. The Morgan fingerprint density at radius 2 is 1.90 bits per heavy atom. The lowest BCUT2D eigenvalue weighted by Crippen LogP contribution is -2.46. The van der Waals surface area contributed by atoms with Crippen molar-refractivity contribution in [3.63, 3.8) is 0 Å². The molecule has 29 heavy (non-hydrogen) atoms. The molecule has 3 unspecified atom stereocenters. The highest BCUT2D eigenvalue weighted by atomic mass is 19.1. The zero-order valence-corrected chi connectivity index (χ0v) is 17.0. The van der Waals surface area contributed by atoms with Gasteiger partial charge in [-0.3, -0.25) is 9.79 Å². The third-order valence-corrected chi connectivity index (χ3v) is 6.34. The Bertz CT molecular complexity index is 758. The van der Waals surface area contributed by atoms with Crippen molar-refractivity contribution in [1.29, 1.82) is 0 Å². The molecule has 1 aromatic carbocycles. The summed E-state index contributed by atoms with van der Waals surface area (Å²) in [5.41, 5.74) is 0.162. The van der Waals surface area contributed by atoms with Crippen LogP contribution in [0.2, 0.25) is 0 Å². The van der Waals surface area contributed by atoms with Crippen LogP contribution in [-0.2, 0) is 4.79 Å². The maximum atomic E-state index is 14.0. The van der Waals surface area contributed by atoms with E-state index < -0.39 is 11.6 Å². The van der Waals surface area contributed by atoms with Gasteiger partial charge in [0, 0.05) is 49.1 Å². The van der Waals surface area contributed by atoms with Gasteiger partial charge < -0.3 is 15.5 Å². The van der Waals surface area contributed by atoms with Crippen LogP contribution in [-0.4, -0.2) is 48.5 Å². The summed E-state index contributed by atoms with van der Waals surface area (Å²) in [5.74, 6) is 0.0155. The minimum Gasteiger partial charge on any atom is -0.353 e. The fraction of sp³-hybridized carbons (Fsp3) is 0.636. The number of aliphatic imine (C=N–C) groups is 1. The largest absolute Gasteiger partial charge is 0.353 e. The van der Waals surface area contributed by atoms with E-state index in [1.807, 2.05) is 11.8 Å². The Balaban J connectivity index is 1.32. The monoisotopic (exact) mass is 404 g/mol. The molecule has 0 spiro atoms. The van der Waals surface area contributed by atoms with Crippen LogP contribution < -0.4 is 10.6 Å². The highest BCUT2D eigenvalue weighted by molar-refractivity contribution is 5.82. The molecule has 2 aliphatic carbocycles. The SMILES string of the molecule is CCN=C(NC1CCN(C(=O)C2CCCC2)C1)NC1CC1c1c(F)cccc1F. The topological polar surface area (TPSA) is 56.7 Å². The molecule has 1 aliphatic heterocycles. The third kappa shape index (κ3) is 4.54. The lowest BCUT2D eigenvalue weighted by atomic mass is 10.1. The number of nitrogens with one attached hydrogen (secondary N) is 2. The molecule has 3 fully saturated rings. The quantitative estimate of drug-likeness (QED) is 0.586. The lowest BCUT2D eigenvalue weighted by Gasteiger charge is -2.21. The van der Waals surface area contributed by atoms with Crippen molar-refractivity contribution in [2.45, 2.75) is 63.5 Å². The Kier molecular flexibility index (Phi) is 6.01. The van der Waals surface area contributed by atoms with Crippen molar-refractivity contribution in [3.05, 3.63) is 35.4 Å². The standard InChI is InChI=1S/C22H30F2N4O/c1-2-25-22(27-19-12-16(19)20-17(23)8-5-9-18(20)24)26-15-10-11-28(13-15)21(29)14-6-3-4-7-14/h5,8-9,14-16,19H,2-4,6-7,10-13H2,1H3,(H2,25,26,27). The molecule has 7 heteroatoms. The predicted molar refractivity (Wildman–Crippen MR) is 109 cm³/mol. The number of hydrogen-bond acceptors (Lipinski definition) is 2. The van der Waals surface area contributed by atoms with Crippen LogP contribution in [0.5, 0.6) is 0 Å². The summed E-state index contributed by atoms with van der Waals surface area (Å²) in [4.78, 5) is 19.1. The van der Waals surface area contributed by atoms with Crippen molar-refractivity contribution < 1.29 is 13.6 Å². The average molecular weight is 405 g/mol. The zero-order valence-electron chi connectivity index (χ0n) is 17.0. The van der Waals surface area contributed by atoms with Crippen molar-refractivity contribution in [2.75, 3.05) is 19.6 Å². The van der Waals surface area contributed by atoms with Crippen molar-refractivity contribution in [1.82, 2.24) is 15.5 Å². The van der Waals surface area contributed by atoms with Gasteiger partial charge in [-0.15, -0.1) is 0 Å². The highest BCUT2D eigenvalue weighted by Gasteiger charge is 2.42. The van der Waals surface area contributed by atoms with Gasteiger partial charge in [0.25, 0.3) is 0 Å². The summed E-state index contributed by atoms with van der Waals surface area (Å²) in [6.07, 6.45) is 5.93. The third-order valence-electron chi connectivity index (χ3n) is 6.34. The van der Waals surface area contributed by atoms with E-state index in [0.29, 0.717) is 31.4 Å². The first-order chi connectivity index (χ1) is 14.1. The second-order valence-corrected chi connectivity index (χ2v) is 8.45. The van der Waals surface area contributed by atoms with Crippen LogP contribution in [0.3, 0.4) is 0 Å². The predicted octanol–water partition coefficient (Wildman–Crippen LogP) is 3.17. The highest BCUT2D eigenvalue weighted by Crippen LogP contribution is 2.43. The van der Waals surface area contributed by atoms with Crippen molar-refractivity contribution in [2.24, 2.45) is 10.9 Å². The van der Waals surface area contributed by atoms with Gasteiger partial charge in [0.1, 0.15) is 11.6 Å². The lowest BCUT2D eigenvalue weighted by molar-refractivity contribution is -0.134. The number of guanidine groups is 1. The van der Waals surface area contributed by atoms with Gasteiger partial charge in [-0.25, -0.2) is 8.78 Å². The van der Waals surface area contributed by atoms with E-state index >= 15 is 0 Å².